The van der Waals surface area contributed by atoms with E-state index in [-0.39, 0.29) is 5.69 Å². The van der Waals surface area contributed by atoms with Crippen LogP contribution in [0.1, 0.15) is 16.1 Å². The molecular formula is C13H12ClN3O2. The van der Waals surface area contributed by atoms with Crippen LogP contribution in [0.4, 0.5) is 5.95 Å². The van der Waals surface area contributed by atoms with E-state index in [9.17, 15) is 4.79 Å². The molecule has 0 spiro atoms. The molecule has 19 heavy (non-hydrogen) atoms. The summed E-state index contributed by atoms with van der Waals surface area (Å²) in [6.45, 7) is 0.545. The Bertz CT molecular complexity index is 604. The van der Waals surface area contributed by atoms with Gasteiger partial charge in [0.1, 0.15) is 0 Å². The van der Waals surface area contributed by atoms with E-state index in [2.05, 4.69) is 9.97 Å². The van der Waals surface area contributed by atoms with Crippen molar-refractivity contribution in [2.75, 3.05) is 11.9 Å². The van der Waals surface area contributed by atoms with Crippen LogP contribution in [-0.4, -0.2) is 28.1 Å². The minimum absolute atomic E-state index is 0.0251. The molecule has 1 N–H and O–H groups in total. The highest BCUT2D eigenvalue weighted by Gasteiger charge is 2.10. The number of halogens is 1. The van der Waals surface area contributed by atoms with Gasteiger partial charge in [-0.3, -0.25) is 0 Å². The monoisotopic (exact) mass is 277 g/mol. The van der Waals surface area contributed by atoms with Gasteiger partial charge < -0.3 is 10.0 Å². The third-order valence-electron chi connectivity index (χ3n) is 2.51. The van der Waals surface area contributed by atoms with Crippen molar-refractivity contribution in [3.63, 3.8) is 0 Å². The van der Waals surface area contributed by atoms with Crippen molar-refractivity contribution in [1.82, 2.24) is 9.97 Å². The van der Waals surface area contributed by atoms with Crippen molar-refractivity contribution < 1.29 is 9.90 Å². The van der Waals surface area contributed by atoms with Crippen LogP contribution in [0.15, 0.2) is 36.5 Å². The molecule has 0 amide bonds. The summed E-state index contributed by atoms with van der Waals surface area (Å²) in [5, 5.41) is 9.55. The molecule has 0 unspecified atom stereocenters. The maximum atomic E-state index is 10.9. The Morgan fingerprint density at radius 2 is 2.21 bits per heavy atom. The van der Waals surface area contributed by atoms with Gasteiger partial charge in [0.15, 0.2) is 5.69 Å². The van der Waals surface area contributed by atoms with Crippen molar-refractivity contribution in [1.29, 1.82) is 0 Å². The maximum absolute atomic E-state index is 10.9. The lowest BCUT2D eigenvalue weighted by Crippen LogP contribution is -2.20. The summed E-state index contributed by atoms with van der Waals surface area (Å²) in [5.74, 6) is -0.709. The van der Waals surface area contributed by atoms with Crippen LogP contribution in [0.5, 0.6) is 0 Å². The third kappa shape index (κ3) is 3.42. The van der Waals surface area contributed by atoms with E-state index >= 15 is 0 Å². The predicted octanol–water partition coefficient (Wildman–Crippen LogP) is 2.46. The Morgan fingerprint density at radius 3 is 2.89 bits per heavy atom. The van der Waals surface area contributed by atoms with E-state index in [1.165, 1.54) is 12.3 Å². The molecule has 0 radical (unpaired) electrons. The molecule has 2 aromatic rings. The third-order valence-corrected chi connectivity index (χ3v) is 2.75. The van der Waals surface area contributed by atoms with Crippen LogP contribution in [0.3, 0.4) is 0 Å². The topological polar surface area (TPSA) is 66.3 Å². The van der Waals surface area contributed by atoms with E-state index in [4.69, 9.17) is 16.7 Å². The van der Waals surface area contributed by atoms with Gasteiger partial charge in [0.2, 0.25) is 5.95 Å². The van der Waals surface area contributed by atoms with E-state index in [1.54, 1.807) is 18.0 Å². The molecule has 0 aliphatic carbocycles. The van der Waals surface area contributed by atoms with Gasteiger partial charge in [-0.2, -0.15) is 0 Å². The van der Waals surface area contributed by atoms with Crippen molar-refractivity contribution in [2.45, 2.75) is 6.54 Å². The van der Waals surface area contributed by atoms with Crippen molar-refractivity contribution in [3.8, 4) is 0 Å². The van der Waals surface area contributed by atoms with Crippen LogP contribution in [-0.2, 0) is 6.54 Å². The molecule has 0 fully saturated rings. The second kappa shape index (κ2) is 5.67. The van der Waals surface area contributed by atoms with Gasteiger partial charge in [-0.15, -0.1) is 0 Å². The normalized spacial score (nSPS) is 10.2. The zero-order valence-corrected chi connectivity index (χ0v) is 11.0. The molecule has 0 atom stereocenters. The van der Waals surface area contributed by atoms with Gasteiger partial charge in [-0.05, 0) is 23.8 Å². The van der Waals surface area contributed by atoms with E-state index in [0.29, 0.717) is 17.5 Å². The lowest BCUT2D eigenvalue weighted by atomic mass is 10.2. The number of rotatable bonds is 4. The smallest absolute Gasteiger partial charge is 0.354 e. The van der Waals surface area contributed by atoms with E-state index < -0.39 is 5.97 Å². The number of benzene rings is 1. The first-order valence-electron chi connectivity index (χ1n) is 5.58. The number of hydrogen-bond donors (Lipinski definition) is 1. The largest absolute Gasteiger partial charge is 0.477 e. The highest BCUT2D eigenvalue weighted by atomic mass is 35.5. The minimum atomic E-state index is -1.07. The fourth-order valence-corrected chi connectivity index (χ4v) is 1.84. The molecule has 2 rings (SSSR count). The molecule has 1 aromatic carbocycles. The standard InChI is InChI=1S/C13H12ClN3O2/c1-17(8-9-3-2-4-10(14)7-9)13-15-6-5-11(16-13)12(18)19/h2-7H,8H2,1H3,(H,18,19). The highest BCUT2D eigenvalue weighted by molar-refractivity contribution is 6.30. The van der Waals surface area contributed by atoms with Crippen LogP contribution < -0.4 is 4.90 Å². The van der Waals surface area contributed by atoms with E-state index in [1.807, 2.05) is 18.2 Å². The van der Waals surface area contributed by atoms with Crippen molar-refractivity contribution >= 4 is 23.5 Å². The second-order valence-electron chi connectivity index (χ2n) is 4.03. The van der Waals surface area contributed by atoms with Crippen LogP contribution in [0.2, 0.25) is 5.02 Å². The molecule has 0 saturated carbocycles. The average molecular weight is 278 g/mol. The fraction of sp³-hybridized carbons (Fsp3) is 0.154. The molecule has 5 nitrogen and oxygen atoms in total. The SMILES string of the molecule is CN(Cc1cccc(Cl)c1)c1nccc(C(=O)O)n1. The molecule has 0 aliphatic heterocycles. The molecule has 0 bridgehead atoms. The maximum Gasteiger partial charge on any atom is 0.354 e. The summed E-state index contributed by atoms with van der Waals surface area (Å²) in [6.07, 6.45) is 1.43. The first-order chi connectivity index (χ1) is 9.06. The molecule has 1 heterocycles. The zero-order valence-electron chi connectivity index (χ0n) is 10.2. The van der Waals surface area contributed by atoms with Crippen molar-refractivity contribution in [3.05, 3.63) is 52.8 Å². The summed E-state index contributed by atoms with van der Waals surface area (Å²) >= 11 is 5.91. The zero-order chi connectivity index (χ0) is 13.8. The van der Waals surface area contributed by atoms with Gasteiger partial charge in [0.05, 0.1) is 0 Å². The van der Waals surface area contributed by atoms with E-state index in [0.717, 1.165) is 5.56 Å². The Morgan fingerprint density at radius 1 is 1.42 bits per heavy atom. The molecule has 0 saturated heterocycles. The number of carboxylic acids is 1. The van der Waals surface area contributed by atoms with Gasteiger partial charge in [0.25, 0.3) is 0 Å². The van der Waals surface area contributed by atoms with Crippen LogP contribution in [0.25, 0.3) is 0 Å². The van der Waals surface area contributed by atoms with Gasteiger partial charge in [-0.25, -0.2) is 14.8 Å². The number of aromatic carboxylic acids is 1. The van der Waals surface area contributed by atoms with Gasteiger partial charge >= 0.3 is 5.97 Å². The molecular weight excluding hydrogens is 266 g/mol. The number of carboxylic acid groups (broad SMARTS) is 1. The van der Waals surface area contributed by atoms with Gasteiger partial charge in [0, 0.05) is 24.8 Å². The fourth-order valence-electron chi connectivity index (χ4n) is 1.63. The van der Waals surface area contributed by atoms with Crippen LogP contribution >= 0.6 is 11.6 Å². The summed E-state index contributed by atoms with van der Waals surface area (Å²) in [7, 11) is 1.79. The summed E-state index contributed by atoms with van der Waals surface area (Å²) < 4.78 is 0. The lowest BCUT2D eigenvalue weighted by Gasteiger charge is -2.17. The number of carbonyl (C=O) groups is 1. The Hall–Kier alpha value is -2.14. The predicted molar refractivity (Wildman–Crippen MR) is 72.6 cm³/mol. The number of nitrogens with zero attached hydrogens (tertiary/aromatic N) is 3. The Balaban J connectivity index is 2.18. The lowest BCUT2D eigenvalue weighted by molar-refractivity contribution is 0.0690. The Kier molecular flexibility index (Phi) is 3.97. The van der Waals surface area contributed by atoms with Crippen molar-refractivity contribution in [2.24, 2.45) is 0 Å². The summed E-state index contributed by atoms with van der Waals surface area (Å²) in [5.41, 5.74) is 0.974. The number of hydrogen-bond acceptors (Lipinski definition) is 4. The molecule has 1 aromatic heterocycles. The number of aromatic nitrogens is 2. The minimum Gasteiger partial charge on any atom is -0.477 e. The summed E-state index contributed by atoms with van der Waals surface area (Å²) in [4.78, 5) is 20.6. The molecule has 98 valence electrons. The second-order valence-corrected chi connectivity index (χ2v) is 4.47. The molecule has 0 aliphatic rings. The first kappa shape index (κ1) is 13.3. The highest BCUT2D eigenvalue weighted by Crippen LogP contribution is 2.14. The van der Waals surface area contributed by atoms with Gasteiger partial charge in [-0.1, -0.05) is 23.7 Å². The average Bonchev–Trinajstić information content (AvgIpc) is 2.39. The van der Waals surface area contributed by atoms with Crippen LogP contribution in [0, 0.1) is 0 Å². The molecule has 6 heteroatoms. The Labute approximate surface area is 115 Å². The number of anilines is 1. The summed E-state index contributed by atoms with van der Waals surface area (Å²) in [6, 6.07) is 8.80. The first-order valence-corrected chi connectivity index (χ1v) is 5.96. The quantitative estimate of drug-likeness (QED) is 0.930.